The van der Waals surface area contributed by atoms with Gasteiger partial charge in [-0.3, -0.25) is 0 Å². The summed E-state index contributed by atoms with van der Waals surface area (Å²) in [7, 11) is 0. The first-order chi connectivity index (χ1) is 7.24. The zero-order valence-corrected chi connectivity index (χ0v) is 9.42. The predicted molar refractivity (Wildman–Crippen MR) is 58.1 cm³/mol. The number of aromatic nitrogens is 2. The van der Waals surface area contributed by atoms with Crippen LogP contribution < -0.4 is 5.43 Å². The van der Waals surface area contributed by atoms with Crippen LogP contribution >= 0.6 is 23.2 Å². The summed E-state index contributed by atoms with van der Waals surface area (Å²) in [6.07, 6.45) is 0. The number of nitrogens with zero attached hydrogens (tertiary/aromatic N) is 3. The highest BCUT2D eigenvalue weighted by Crippen LogP contribution is 2.15. The van der Waals surface area contributed by atoms with Crippen LogP contribution in [0.3, 0.4) is 0 Å². The summed E-state index contributed by atoms with van der Waals surface area (Å²) >= 11 is 11.4. The Balaban J connectivity index is 2.02. The molecule has 1 aliphatic rings. The highest BCUT2D eigenvalue weighted by Gasteiger charge is 2.11. The second-order valence-electron chi connectivity index (χ2n) is 3.06. The van der Waals surface area contributed by atoms with Crippen molar-refractivity contribution in [2.75, 3.05) is 31.7 Å². The minimum absolute atomic E-state index is 0.137. The number of hydrogen-bond donors (Lipinski definition) is 1. The Bertz CT molecular complexity index is 323. The molecule has 1 N–H and O–H groups in total. The fourth-order valence-corrected chi connectivity index (χ4v) is 1.69. The Hall–Kier alpha value is -0.620. The summed E-state index contributed by atoms with van der Waals surface area (Å²) in [6, 6.07) is 1.63. The van der Waals surface area contributed by atoms with Crippen molar-refractivity contribution in [2.45, 2.75) is 0 Å². The molecule has 7 heteroatoms. The van der Waals surface area contributed by atoms with E-state index in [9.17, 15) is 0 Å². The quantitative estimate of drug-likeness (QED) is 0.634. The molecule has 0 amide bonds. The first kappa shape index (κ1) is 10.9. The molecule has 15 heavy (non-hydrogen) atoms. The Morgan fingerprint density at radius 2 is 2.00 bits per heavy atom. The lowest BCUT2D eigenvalue weighted by Gasteiger charge is -2.27. The number of rotatable bonds is 2. The standard InChI is InChI=1S/C8H10Cl2N4O/c9-6-5-7(12-8(10)11-6)13-14-1-3-15-4-2-14/h5H,1-4H2,(H,11,12,13). The van der Waals surface area contributed by atoms with Gasteiger partial charge < -0.3 is 10.2 Å². The van der Waals surface area contributed by atoms with Gasteiger partial charge in [-0.15, -0.1) is 0 Å². The van der Waals surface area contributed by atoms with Gasteiger partial charge in [0.1, 0.15) is 11.0 Å². The molecule has 1 aromatic rings. The number of hydrazine groups is 1. The highest BCUT2D eigenvalue weighted by atomic mass is 35.5. The van der Waals surface area contributed by atoms with Gasteiger partial charge in [0.15, 0.2) is 0 Å². The second kappa shape index (κ2) is 4.94. The van der Waals surface area contributed by atoms with Gasteiger partial charge in [-0.25, -0.2) is 9.99 Å². The van der Waals surface area contributed by atoms with Crippen molar-refractivity contribution in [1.82, 2.24) is 15.0 Å². The molecule has 5 nitrogen and oxygen atoms in total. The summed E-state index contributed by atoms with van der Waals surface area (Å²) < 4.78 is 5.22. The molecule has 0 saturated carbocycles. The first-order valence-electron chi connectivity index (χ1n) is 4.53. The molecule has 0 spiro atoms. The molecule has 0 radical (unpaired) electrons. The van der Waals surface area contributed by atoms with E-state index in [2.05, 4.69) is 15.4 Å². The monoisotopic (exact) mass is 248 g/mol. The highest BCUT2D eigenvalue weighted by molar-refractivity contribution is 6.32. The van der Waals surface area contributed by atoms with Crippen LogP contribution in [-0.4, -0.2) is 41.3 Å². The molecule has 82 valence electrons. The van der Waals surface area contributed by atoms with Gasteiger partial charge in [0.05, 0.1) is 13.2 Å². The third-order valence-electron chi connectivity index (χ3n) is 1.95. The van der Waals surface area contributed by atoms with Crippen molar-refractivity contribution >= 4 is 29.0 Å². The lowest BCUT2D eigenvalue weighted by atomic mass is 10.5. The molecular weight excluding hydrogens is 239 g/mol. The summed E-state index contributed by atoms with van der Waals surface area (Å²) in [4.78, 5) is 7.77. The van der Waals surface area contributed by atoms with Gasteiger partial charge in [0, 0.05) is 19.2 Å². The molecule has 1 aromatic heterocycles. The molecule has 2 rings (SSSR count). The summed E-state index contributed by atoms with van der Waals surface area (Å²) in [6.45, 7) is 3.03. The van der Waals surface area contributed by atoms with E-state index in [0.717, 1.165) is 13.1 Å². The normalized spacial score (nSPS) is 17.7. The lowest BCUT2D eigenvalue weighted by Crippen LogP contribution is -2.40. The van der Waals surface area contributed by atoms with E-state index in [0.29, 0.717) is 24.2 Å². The van der Waals surface area contributed by atoms with E-state index in [-0.39, 0.29) is 5.28 Å². The van der Waals surface area contributed by atoms with Crippen LogP contribution in [0.15, 0.2) is 6.07 Å². The summed E-state index contributed by atoms with van der Waals surface area (Å²) in [5, 5.41) is 2.46. The number of anilines is 1. The zero-order valence-electron chi connectivity index (χ0n) is 7.91. The second-order valence-corrected chi connectivity index (χ2v) is 3.78. The van der Waals surface area contributed by atoms with Crippen molar-refractivity contribution in [3.8, 4) is 0 Å². The Morgan fingerprint density at radius 1 is 1.27 bits per heavy atom. The minimum atomic E-state index is 0.137. The Kier molecular flexibility index (Phi) is 3.58. The molecule has 0 bridgehead atoms. The summed E-state index contributed by atoms with van der Waals surface area (Å²) in [5.74, 6) is 0.599. The van der Waals surface area contributed by atoms with E-state index in [1.807, 2.05) is 5.01 Å². The molecule has 2 heterocycles. The maximum absolute atomic E-state index is 5.75. The SMILES string of the molecule is Clc1cc(NN2CCOCC2)nc(Cl)n1. The number of halogens is 2. The Morgan fingerprint density at radius 3 is 2.67 bits per heavy atom. The topological polar surface area (TPSA) is 50.3 Å². The summed E-state index contributed by atoms with van der Waals surface area (Å²) in [5.41, 5.74) is 3.10. The van der Waals surface area contributed by atoms with E-state index in [4.69, 9.17) is 27.9 Å². The molecule has 0 unspecified atom stereocenters. The fraction of sp³-hybridized carbons (Fsp3) is 0.500. The van der Waals surface area contributed by atoms with Crippen LogP contribution in [0.5, 0.6) is 0 Å². The van der Waals surface area contributed by atoms with Gasteiger partial charge in [-0.1, -0.05) is 11.6 Å². The van der Waals surface area contributed by atoms with Crippen LogP contribution in [0.4, 0.5) is 5.82 Å². The van der Waals surface area contributed by atoms with Crippen LogP contribution in [0.2, 0.25) is 10.4 Å². The first-order valence-corrected chi connectivity index (χ1v) is 5.29. The maximum atomic E-state index is 5.75. The van der Waals surface area contributed by atoms with Crippen LogP contribution in [0, 0.1) is 0 Å². The van der Waals surface area contributed by atoms with E-state index >= 15 is 0 Å². The largest absolute Gasteiger partial charge is 0.379 e. The third kappa shape index (κ3) is 3.17. The molecule has 0 aromatic carbocycles. The number of morpholine rings is 1. The molecule has 0 atom stereocenters. The van der Waals surface area contributed by atoms with Crippen LogP contribution in [0.1, 0.15) is 0 Å². The van der Waals surface area contributed by atoms with Gasteiger partial charge in [0.25, 0.3) is 0 Å². The number of nitrogens with one attached hydrogen (secondary N) is 1. The van der Waals surface area contributed by atoms with Crippen molar-refractivity contribution < 1.29 is 4.74 Å². The predicted octanol–water partition coefficient (Wildman–Crippen LogP) is 1.44. The van der Waals surface area contributed by atoms with E-state index in [1.165, 1.54) is 0 Å². The Labute approximate surface area is 97.3 Å². The van der Waals surface area contributed by atoms with Gasteiger partial charge >= 0.3 is 0 Å². The number of hydrogen-bond acceptors (Lipinski definition) is 5. The van der Waals surface area contributed by atoms with E-state index in [1.54, 1.807) is 6.07 Å². The minimum Gasteiger partial charge on any atom is -0.379 e. The van der Waals surface area contributed by atoms with Crippen LogP contribution in [0.25, 0.3) is 0 Å². The molecular formula is C8H10Cl2N4O. The van der Waals surface area contributed by atoms with Gasteiger partial charge in [-0.05, 0) is 11.6 Å². The third-order valence-corrected chi connectivity index (χ3v) is 2.31. The average Bonchev–Trinajstić information content (AvgIpc) is 2.17. The molecule has 1 fully saturated rings. The molecule has 1 aliphatic heterocycles. The van der Waals surface area contributed by atoms with Crippen molar-refractivity contribution in [2.24, 2.45) is 0 Å². The van der Waals surface area contributed by atoms with Crippen molar-refractivity contribution in [3.05, 3.63) is 16.5 Å². The smallest absolute Gasteiger partial charge is 0.225 e. The lowest BCUT2D eigenvalue weighted by molar-refractivity contribution is 0.0495. The van der Waals surface area contributed by atoms with Crippen molar-refractivity contribution in [1.29, 1.82) is 0 Å². The van der Waals surface area contributed by atoms with Gasteiger partial charge in [-0.2, -0.15) is 4.98 Å². The van der Waals surface area contributed by atoms with E-state index < -0.39 is 0 Å². The maximum Gasteiger partial charge on any atom is 0.225 e. The van der Waals surface area contributed by atoms with Gasteiger partial charge in [0.2, 0.25) is 5.28 Å². The average molecular weight is 249 g/mol. The number of ether oxygens (including phenoxy) is 1. The molecule has 1 saturated heterocycles. The van der Waals surface area contributed by atoms with Crippen LogP contribution in [-0.2, 0) is 4.74 Å². The van der Waals surface area contributed by atoms with Crippen molar-refractivity contribution in [3.63, 3.8) is 0 Å². The molecule has 0 aliphatic carbocycles. The fourth-order valence-electron chi connectivity index (χ4n) is 1.28. The zero-order chi connectivity index (χ0) is 10.7.